The molecular formula is C15H18O4. The number of hydrogen-bond donors (Lipinski definition) is 1. The van der Waals surface area contributed by atoms with Crippen molar-refractivity contribution in [3.63, 3.8) is 0 Å². The molecule has 1 N–H and O–H groups in total. The van der Waals surface area contributed by atoms with Crippen LogP contribution in [0.1, 0.15) is 25.0 Å². The number of esters is 1. The van der Waals surface area contributed by atoms with Crippen molar-refractivity contribution in [3.8, 4) is 11.5 Å². The summed E-state index contributed by atoms with van der Waals surface area (Å²) in [5.74, 6) is 0.254. The molecule has 4 heteroatoms. The Morgan fingerprint density at radius 3 is 2.63 bits per heavy atom. The fourth-order valence-corrected chi connectivity index (χ4v) is 2.66. The number of ether oxygens (including phenoxy) is 2. The average Bonchev–Trinajstić information content (AvgIpc) is 2.36. The van der Waals surface area contributed by atoms with Gasteiger partial charge in [-0.3, -0.25) is 4.79 Å². The summed E-state index contributed by atoms with van der Waals surface area (Å²) in [6.07, 6.45) is 2.42. The Labute approximate surface area is 112 Å². The third-order valence-electron chi connectivity index (χ3n) is 3.57. The van der Waals surface area contributed by atoms with Gasteiger partial charge >= 0.3 is 5.97 Å². The standard InChI is InChI=1S/C15H18O4/c1-9-7-15(2,14(17)19-4)8-10-5-12(16)13(18-3)6-11(9)10/h5-7,16H,8H2,1-4H3/t15-/m1/s1. The second kappa shape index (κ2) is 4.61. The molecule has 0 aliphatic heterocycles. The van der Waals surface area contributed by atoms with E-state index in [0.717, 1.165) is 16.7 Å². The molecule has 2 rings (SSSR count). The first-order valence-corrected chi connectivity index (χ1v) is 6.09. The number of methoxy groups -OCH3 is 2. The summed E-state index contributed by atoms with van der Waals surface area (Å²) >= 11 is 0. The highest BCUT2D eigenvalue weighted by molar-refractivity contribution is 5.85. The van der Waals surface area contributed by atoms with E-state index >= 15 is 0 Å². The number of carbonyl (C=O) groups excluding carboxylic acids is 1. The van der Waals surface area contributed by atoms with E-state index in [1.54, 1.807) is 12.1 Å². The largest absolute Gasteiger partial charge is 0.504 e. The fourth-order valence-electron chi connectivity index (χ4n) is 2.66. The molecule has 0 heterocycles. The van der Waals surface area contributed by atoms with Crippen LogP contribution < -0.4 is 4.74 Å². The van der Waals surface area contributed by atoms with Crippen LogP contribution in [0.4, 0.5) is 0 Å². The van der Waals surface area contributed by atoms with Crippen LogP contribution >= 0.6 is 0 Å². The van der Waals surface area contributed by atoms with E-state index in [0.29, 0.717) is 12.2 Å². The first-order valence-electron chi connectivity index (χ1n) is 6.09. The second-order valence-electron chi connectivity index (χ2n) is 5.09. The van der Waals surface area contributed by atoms with Crippen LogP contribution in [-0.2, 0) is 16.0 Å². The van der Waals surface area contributed by atoms with E-state index in [1.165, 1.54) is 14.2 Å². The lowest BCUT2D eigenvalue weighted by Crippen LogP contribution is -2.32. The summed E-state index contributed by atoms with van der Waals surface area (Å²) in [6, 6.07) is 3.46. The lowest BCUT2D eigenvalue weighted by atomic mass is 9.75. The highest BCUT2D eigenvalue weighted by Gasteiger charge is 2.36. The Balaban J connectivity index is 2.53. The Morgan fingerprint density at radius 2 is 2.05 bits per heavy atom. The van der Waals surface area contributed by atoms with Gasteiger partial charge in [-0.05, 0) is 49.1 Å². The number of allylic oxidation sites excluding steroid dienone is 1. The van der Waals surface area contributed by atoms with Gasteiger partial charge in [0.1, 0.15) is 0 Å². The predicted molar refractivity (Wildman–Crippen MR) is 72.1 cm³/mol. The molecule has 0 radical (unpaired) electrons. The van der Waals surface area contributed by atoms with Gasteiger partial charge in [0.05, 0.1) is 19.6 Å². The molecule has 102 valence electrons. The van der Waals surface area contributed by atoms with E-state index in [2.05, 4.69) is 0 Å². The summed E-state index contributed by atoms with van der Waals surface area (Å²) in [5.41, 5.74) is 2.21. The topological polar surface area (TPSA) is 55.8 Å². The highest BCUT2D eigenvalue weighted by atomic mass is 16.5. The van der Waals surface area contributed by atoms with E-state index in [9.17, 15) is 9.90 Å². The van der Waals surface area contributed by atoms with Gasteiger partial charge in [-0.1, -0.05) is 6.08 Å². The predicted octanol–water partition coefficient (Wildman–Crippen LogP) is 2.54. The minimum absolute atomic E-state index is 0.0863. The Kier molecular flexibility index (Phi) is 3.27. The van der Waals surface area contributed by atoms with Crippen LogP contribution in [0.5, 0.6) is 11.5 Å². The van der Waals surface area contributed by atoms with Gasteiger partial charge in [-0.25, -0.2) is 0 Å². The van der Waals surface area contributed by atoms with Gasteiger partial charge in [0.25, 0.3) is 0 Å². The van der Waals surface area contributed by atoms with Crippen LogP contribution in [0.25, 0.3) is 5.57 Å². The Morgan fingerprint density at radius 1 is 1.37 bits per heavy atom. The number of phenolic OH excluding ortho intramolecular Hbond substituents is 1. The van der Waals surface area contributed by atoms with E-state index in [-0.39, 0.29) is 11.7 Å². The van der Waals surface area contributed by atoms with E-state index in [1.807, 2.05) is 19.9 Å². The molecule has 1 aliphatic carbocycles. The maximum Gasteiger partial charge on any atom is 0.315 e. The Hall–Kier alpha value is -1.97. The average molecular weight is 262 g/mol. The van der Waals surface area contributed by atoms with Gasteiger partial charge in [-0.2, -0.15) is 0 Å². The highest BCUT2D eigenvalue weighted by Crippen LogP contribution is 2.41. The lowest BCUT2D eigenvalue weighted by molar-refractivity contribution is -0.148. The third kappa shape index (κ3) is 2.18. The fraction of sp³-hybridized carbons (Fsp3) is 0.400. The molecule has 1 aliphatic rings. The molecule has 0 spiro atoms. The lowest BCUT2D eigenvalue weighted by Gasteiger charge is -2.30. The molecule has 0 fully saturated rings. The second-order valence-corrected chi connectivity index (χ2v) is 5.09. The minimum atomic E-state index is -0.688. The number of phenols is 1. The van der Waals surface area contributed by atoms with Gasteiger partial charge in [0.15, 0.2) is 11.5 Å². The van der Waals surface area contributed by atoms with Crippen LogP contribution in [0, 0.1) is 5.41 Å². The molecule has 0 aromatic heterocycles. The molecule has 0 bridgehead atoms. The van der Waals surface area contributed by atoms with Crippen molar-refractivity contribution in [2.75, 3.05) is 14.2 Å². The van der Waals surface area contributed by atoms with Crippen molar-refractivity contribution in [1.29, 1.82) is 0 Å². The smallest absolute Gasteiger partial charge is 0.315 e. The van der Waals surface area contributed by atoms with Crippen LogP contribution in [0.15, 0.2) is 18.2 Å². The quantitative estimate of drug-likeness (QED) is 0.832. The molecule has 0 unspecified atom stereocenters. The molecule has 0 amide bonds. The minimum Gasteiger partial charge on any atom is -0.504 e. The van der Waals surface area contributed by atoms with E-state index in [4.69, 9.17) is 9.47 Å². The number of fused-ring (bicyclic) bond motifs is 1. The van der Waals surface area contributed by atoms with Crippen LogP contribution in [0.3, 0.4) is 0 Å². The maximum absolute atomic E-state index is 11.9. The molecule has 1 atom stereocenters. The van der Waals surface area contributed by atoms with Crippen molar-refractivity contribution < 1.29 is 19.4 Å². The zero-order valence-electron chi connectivity index (χ0n) is 11.6. The van der Waals surface area contributed by atoms with Crippen molar-refractivity contribution in [2.45, 2.75) is 20.3 Å². The van der Waals surface area contributed by atoms with Crippen molar-refractivity contribution >= 4 is 11.5 Å². The van der Waals surface area contributed by atoms with Crippen LogP contribution in [-0.4, -0.2) is 25.3 Å². The molecule has 4 nitrogen and oxygen atoms in total. The Bertz CT molecular complexity index is 560. The summed E-state index contributed by atoms with van der Waals surface area (Å²) < 4.78 is 9.97. The van der Waals surface area contributed by atoms with E-state index < -0.39 is 5.41 Å². The zero-order chi connectivity index (χ0) is 14.2. The number of aromatic hydroxyl groups is 1. The van der Waals surface area contributed by atoms with Crippen molar-refractivity contribution in [1.82, 2.24) is 0 Å². The summed E-state index contributed by atoms with van der Waals surface area (Å²) in [7, 11) is 2.90. The summed E-state index contributed by atoms with van der Waals surface area (Å²) in [5, 5.41) is 9.86. The summed E-state index contributed by atoms with van der Waals surface area (Å²) in [6.45, 7) is 3.78. The van der Waals surface area contributed by atoms with Gasteiger partial charge in [0, 0.05) is 0 Å². The number of rotatable bonds is 2. The zero-order valence-corrected chi connectivity index (χ0v) is 11.6. The van der Waals surface area contributed by atoms with Crippen LogP contribution in [0.2, 0.25) is 0 Å². The van der Waals surface area contributed by atoms with Gasteiger partial charge < -0.3 is 14.6 Å². The van der Waals surface area contributed by atoms with Crippen molar-refractivity contribution in [3.05, 3.63) is 29.3 Å². The normalized spacial score (nSPS) is 21.4. The number of carbonyl (C=O) groups is 1. The SMILES string of the molecule is COC(=O)[C@]1(C)C=C(C)c2cc(OC)c(O)cc2C1. The van der Waals surface area contributed by atoms with Gasteiger partial charge in [-0.15, -0.1) is 0 Å². The molecule has 0 saturated heterocycles. The molecule has 1 aromatic carbocycles. The molecule has 0 saturated carbocycles. The molecule has 1 aromatic rings. The van der Waals surface area contributed by atoms with Crippen molar-refractivity contribution in [2.24, 2.45) is 5.41 Å². The first-order chi connectivity index (χ1) is 8.91. The van der Waals surface area contributed by atoms with Gasteiger partial charge in [0.2, 0.25) is 0 Å². The number of hydrogen-bond acceptors (Lipinski definition) is 4. The molecular weight excluding hydrogens is 244 g/mol. The third-order valence-corrected chi connectivity index (χ3v) is 3.57. The number of benzene rings is 1. The summed E-state index contributed by atoms with van der Waals surface area (Å²) in [4.78, 5) is 11.9. The monoisotopic (exact) mass is 262 g/mol. The maximum atomic E-state index is 11.9. The molecule has 19 heavy (non-hydrogen) atoms. The first kappa shape index (κ1) is 13.5.